The fourth-order valence-corrected chi connectivity index (χ4v) is 2.26. The summed E-state index contributed by atoms with van der Waals surface area (Å²) < 4.78 is 5.24. The van der Waals surface area contributed by atoms with Gasteiger partial charge in [0.25, 0.3) is 0 Å². The van der Waals surface area contributed by atoms with Crippen LogP contribution in [0.25, 0.3) is 0 Å². The molecule has 2 N–H and O–H groups in total. The third kappa shape index (κ3) is 5.37. The van der Waals surface area contributed by atoms with Crippen molar-refractivity contribution in [3.05, 3.63) is 47.6 Å². The van der Waals surface area contributed by atoms with Gasteiger partial charge in [0, 0.05) is 32.5 Å². The van der Waals surface area contributed by atoms with Gasteiger partial charge in [-0.2, -0.15) is 4.98 Å². The van der Waals surface area contributed by atoms with Crippen molar-refractivity contribution >= 4 is 5.96 Å². The molecule has 0 spiro atoms. The summed E-state index contributed by atoms with van der Waals surface area (Å²) in [6.45, 7) is 7.81. The van der Waals surface area contributed by atoms with Crippen molar-refractivity contribution < 1.29 is 4.52 Å². The molecule has 0 saturated heterocycles. The van der Waals surface area contributed by atoms with Gasteiger partial charge in [0.15, 0.2) is 11.8 Å². The number of guanidine groups is 1. The summed E-state index contributed by atoms with van der Waals surface area (Å²) in [7, 11) is 1.77. The summed E-state index contributed by atoms with van der Waals surface area (Å²) in [6, 6.07) is 10.4. The summed E-state index contributed by atoms with van der Waals surface area (Å²) in [6.07, 6.45) is 0.675. The van der Waals surface area contributed by atoms with Crippen molar-refractivity contribution in [3.63, 3.8) is 0 Å². The lowest BCUT2D eigenvalue weighted by atomic mass is 10.0. The van der Waals surface area contributed by atoms with Crippen LogP contribution in [0.3, 0.4) is 0 Å². The molecule has 0 bridgehead atoms. The Labute approximate surface area is 143 Å². The molecule has 1 aromatic carbocycles. The van der Waals surface area contributed by atoms with Crippen molar-refractivity contribution in [2.45, 2.75) is 39.0 Å². The highest BCUT2D eigenvalue weighted by Gasteiger charge is 2.10. The van der Waals surface area contributed by atoms with Crippen LogP contribution in [0.2, 0.25) is 0 Å². The molecule has 1 unspecified atom stereocenters. The van der Waals surface area contributed by atoms with Crippen LogP contribution in [0.4, 0.5) is 0 Å². The van der Waals surface area contributed by atoms with Crippen LogP contribution in [0.15, 0.2) is 39.8 Å². The fraction of sp³-hybridized carbons (Fsp3) is 0.500. The molecule has 0 saturated carbocycles. The highest BCUT2D eigenvalue weighted by molar-refractivity contribution is 5.79. The van der Waals surface area contributed by atoms with Gasteiger partial charge in [-0.25, -0.2) is 0 Å². The van der Waals surface area contributed by atoms with Crippen LogP contribution in [-0.2, 0) is 6.42 Å². The minimum atomic E-state index is 0.282. The molecule has 0 fully saturated rings. The lowest BCUT2D eigenvalue weighted by molar-refractivity contribution is 0.371. The first-order chi connectivity index (χ1) is 11.6. The maximum atomic E-state index is 5.24. The van der Waals surface area contributed by atoms with Crippen molar-refractivity contribution in [1.29, 1.82) is 0 Å². The Morgan fingerprint density at radius 3 is 2.54 bits per heavy atom. The van der Waals surface area contributed by atoms with E-state index >= 15 is 0 Å². The first kappa shape index (κ1) is 18.0. The van der Waals surface area contributed by atoms with Crippen molar-refractivity contribution in [2.24, 2.45) is 4.99 Å². The molecule has 6 heteroatoms. The standard InChI is InChI=1S/C18H27N5O/c1-13(2)17-22-16(24-23-17)10-11-20-18(19-4)21-12-14(3)15-8-6-5-7-9-15/h5-9,13-14H,10-12H2,1-4H3,(H2,19,20,21). The Kier molecular flexibility index (Phi) is 6.78. The van der Waals surface area contributed by atoms with E-state index in [0.717, 1.165) is 18.3 Å². The van der Waals surface area contributed by atoms with Crippen molar-refractivity contribution in [1.82, 2.24) is 20.8 Å². The summed E-state index contributed by atoms with van der Waals surface area (Å²) in [5, 5.41) is 10.6. The smallest absolute Gasteiger partial charge is 0.228 e. The Balaban J connectivity index is 1.74. The second-order valence-corrected chi connectivity index (χ2v) is 6.14. The van der Waals surface area contributed by atoms with Gasteiger partial charge in [-0.15, -0.1) is 0 Å². The van der Waals surface area contributed by atoms with E-state index in [9.17, 15) is 0 Å². The van der Waals surface area contributed by atoms with Gasteiger partial charge in [0.05, 0.1) is 0 Å². The molecule has 130 valence electrons. The van der Waals surface area contributed by atoms with E-state index in [4.69, 9.17) is 4.52 Å². The monoisotopic (exact) mass is 329 g/mol. The van der Waals surface area contributed by atoms with E-state index in [1.807, 2.05) is 19.9 Å². The minimum absolute atomic E-state index is 0.282. The van der Waals surface area contributed by atoms with E-state index in [1.165, 1.54) is 5.56 Å². The topological polar surface area (TPSA) is 75.3 Å². The quantitative estimate of drug-likeness (QED) is 0.603. The zero-order chi connectivity index (χ0) is 17.4. The average molecular weight is 329 g/mol. The Bertz CT molecular complexity index is 636. The highest BCUT2D eigenvalue weighted by Crippen LogP contribution is 2.13. The number of rotatable bonds is 7. The van der Waals surface area contributed by atoms with Crippen LogP contribution < -0.4 is 10.6 Å². The van der Waals surface area contributed by atoms with Gasteiger partial charge in [-0.3, -0.25) is 4.99 Å². The van der Waals surface area contributed by atoms with E-state index in [2.05, 4.69) is 57.0 Å². The predicted molar refractivity (Wildman–Crippen MR) is 96.3 cm³/mol. The molecule has 1 heterocycles. The Morgan fingerprint density at radius 2 is 1.92 bits per heavy atom. The second-order valence-electron chi connectivity index (χ2n) is 6.14. The first-order valence-corrected chi connectivity index (χ1v) is 8.42. The van der Waals surface area contributed by atoms with E-state index in [-0.39, 0.29) is 5.92 Å². The van der Waals surface area contributed by atoms with Gasteiger partial charge in [0.2, 0.25) is 5.89 Å². The van der Waals surface area contributed by atoms with E-state index in [1.54, 1.807) is 7.05 Å². The van der Waals surface area contributed by atoms with E-state index < -0.39 is 0 Å². The number of aliphatic imine (C=N–C) groups is 1. The zero-order valence-corrected chi connectivity index (χ0v) is 14.9. The van der Waals surface area contributed by atoms with Crippen LogP contribution in [0.5, 0.6) is 0 Å². The molecule has 1 atom stereocenters. The molecule has 24 heavy (non-hydrogen) atoms. The fourth-order valence-electron chi connectivity index (χ4n) is 2.26. The van der Waals surface area contributed by atoms with Gasteiger partial charge >= 0.3 is 0 Å². The van der Waals surface area contributed by atoms with Crippen molar-refractivity contribution in [3.8, 4) is 0 Å². The molecule has 0 aliphatic carbocycles. The number of nitrogens with one attached hydrogen (secondary N) is 2. The second kappa shape index (κ2) is 9.05. The molecular weight excluding hydrogens is 302 g/mol. The zero-order valence-electron chi connectivity index (χ0n) is 14.9. The maximum absolute atomic E-state index is 5.24. The number of benzene rings is 1. The van der Waals surface area contributed by atoms with Crippen LogP contribution in [0.1, 0.15) is 49.9 Å². The largest absolute Gasteiger partial charge is 0.356 e. The normalized spacial score (nSPS) is 13.1. The van der Waals surface area contributed by atoms with Crippen LogP contribution in [0, 0.1) is 0 Å². The van der Waals surface area contributed by atoms with Crippen LogP contribution >= 0.6 is 0 Å². The van der Waals surface area contributed by atoms with Gasteiger partial charge in [-0.05, 0) is 11.5 Å². The third-order valence-electron chi connectivity index (χ3n) is 3.80. The Morgan fingerprint density at radius 1 is 1.17 bits per heavy atom. The summed E-state index contributed by atoms with van der Waals surface area (Å²) in [4.78, 5) is 8.61. The molecule has 0 aliphatic heterocycles. The van der Waals surface area contributed by atoms with Gasteiger partial charge in [-0.1, -0.05) is 56.3 Å². The lowest BCUT2D eigenvalue weighted by Gasteiger charge is -2.16. The lowest BCUT2D eigenvalue weighted by Crippen LogP contribution is -2.39. The molecular formula is C18H27N5O. The molecule has 0 radical (unpaired) electrons. The first-order valence-electron chi connectivity index (χ1n) is 8.42. The summed E-state index contributed by atoms with van der Waals surface area (Å²) in [5.41, 5.74) is 1.31. The third-order valence-corrected chi connectivity index (χ3v) is 3.80. The predicted octanol–water partition coefficient (Wildman–Crippen LogP) is 2.70. The summed E-state index contributed by atoms with van der Waals surface area (Å²) in [5.74, 6) is 2.88. The molecule has 2 aromatic rings. The van der Waals surface area contributed by atoms with Crippen molar-refractivity contribution in [2.75, 3.05) is 20.1 Å². The van der Waals surface area contributed by atoms with Gasteiger partial charge in [0.1, 0.15) is 0 Å². The Hall–Kier alpha value is -2.37. The molecule has 0 aliphatic rings. The number of aromatic nitrogens is 2. The van der Waals surface area contributed by atoms with E-state index in [0.29, 0.717) is 24.8 Å². The number of nitrogens with zero attached hydrogens (tertiary/aromatic N) is 3. The summed E-state index contributed by atoms with van der Waals surface area (Å²) >= 11 is 0. The highest BCUT2D eigenvalue weighted by atomic mass is 16.5. The number of hydrogen-bond donors (Lipinski definition) is 2. The SMILES string of the molecule is CN=C(NCCc1nc(C(C)C)no1)NCC(C)c1ccccc1. The minimum Gasteiger partial charge on any atom is -0.356 e. The molecule has 6 nitrogen and oxygen atoms in total. The average Bonchev–Trinajstić information content (AvgIpc) is 3.07. The molecule has 2 rings (SSSR count). The van der Waals surface area contributed by atoms with Gasteiger partial charge < -0.3 is 15.2 Å². The van der Waals surface area contributed by atoms with Crippen LogP contribution in [-0.4, -0.2) is 36.2 Å². The molecule has 0 amide bonds. The molecule has 1 aromatic heterocycles. The maximum Gasteiger partial charge on any atom is 0.228 e. The number of hydrogen-bond acceptors (Lipinski definition) is 4.